The summed E-state index contributed by atoms with van der Waals surface area (Å²) in [6.07, 6.45) is 4.99. The second-order valence-corrected chi connectivity index (χ2v) is 3.69. The quantitative estimate of drug-likeness (QED) is 0.884. The lowest BCUT2D eigenvalue weighted by Gasteiger charge is -2.16. The number of aromatic nitrogens is 2. The number of pyridine rings is 2. The van der Waals surface area contributed by atoms with E-state index in [1.807, 2.05) is 12.1 Å². The van der Waals surface area contributed by atoms with E-state index in [1.54, 1.807) is 38.9 Å². The maximum absolute atomic E-state index is 6.22. The van der Waals surface area contributed by atoms with Gasteiger partial charge in [0.05, 0.1) is 26.5 Å². The van der Waals surface area contributed by atoms with E-state index in [0.717, 1.165) is 5.56 Å². The summed E-state index contributed by atoms with van der Waals surface area (Å²) < 4.78 is 10.5. The molecule has 0 bridgehead atoms. The van der Waals surface area contributed by atoms with Crippen LogP contribution in [0.4, 0.5) is 0 Å². The summed E-state index contributed by atoms with van der Waals surface area (Å²) in [5.41, 5.74) is 7.71. The fraction of sp³-hybridized carbons (Fsp3) is 0.231. The standard InChI is InChI=1S/C13H15N3O2/c1-17-10-4-3-6-16-13(10)12(14)9-5-7-15-8-11(9)18-2/h3-8,12H,14H2,1-2H3. The number of ether oxygens (including phenoxy) is 2. The molecule has 2 N–H and O–H groups in total. The van der Waals surface area contributed by atoms with Crippen molar-refractivity contribution in [2.24, 2.45) is 5.73 Å². The number of nitrogens with two attached hydrogens (primary N) is 1. The molecule has 94 valence electrons. The van der Waals surface area contributed by atoms with Crippen LogP contribution in [0.3, 0.4) is 0 Å². The summed E-state index contributed by atoms with van der Waals surface area (Å²) in [7, 11) is 3.18. The topological polar surface area (TPSA) is 70.3 Å². The third kappa shape index (κ3) is 2.26. The summed E-state index contributed by atoms with van der Waals surface area (Å²) in [5.74, 6) is 1.29. The van der Waals surface area contributed by atoms with Crippen molar-refractivity contribution in [1.29, 1.82) is 0 Å². The number of nitrogens with zero attached hydrogens (tertiary/aromatic N) is 2. The van der Waals surface area contributed by atoms with Crippen molar-refractivity contribution in [2.75, 3.05) is 14.2 Å². The van der Waals surface area contributed by atoms with Crippen LogP contribution in [0.5, 0.6) is 11.5 Å². The zero-order valence-corrected chi connectivity index (χ0v) is 10.3. The average Bonchev–Trinajstić information content (AvgIpc) is 2.46. The van der Waals surface area contributed by atoms with Gasteiger partial charge < -0.3 is 15.2 Å². The first-order chi connectivity index (χ1) is 8.77. The molecule has 0 amide bonds. The molecule has 5 nitrogen and oxygen atoms in total. The average molecular weight is 245 g/mol. The monoisotopic (exact) mass is 245 g/mol. The zero-order chi connectivity index (χ0) is 13.0. The largest absolute Gasteiger partial charge is 0.495 e. The lowest BCUT2D eigenvalue weighted by molar-refractivity contribution is 0.396. The van der Waals surface area contributed by atoms with Crippen molar-refractivity contribution in [1.82, 2.24) is 9.97 Å². The molecule has 5 heteroatoms. The molecule has 1 atom stereocenters. The van der Waals surface area contributed by atoms with Crippen LogP contribution in [-0.2, 0) is 0 Å². The van der Waals surface area contributed by atoms with Gasteiger partial charge in [-0.3, -0.25) is 9.97 Å². The Hall–Kier alpha value is -2.14. The molecular formula is C13H15N3O2. The van der Waals surface area contributed by atoms with E-state index in [4.69, 9.17) is 15.2 Å². The van der Waals surface area contributed by atoms with Gasteiger partial charge in [0.2, 0.25) is 0 Å². The highest BCUT2D eigenvalue weighted by molar-refractivity contribution is 5.41. The van der Waals surface area contributed by atoms with Crippen molar-refractivity contribution < 1.29 is 9.47 Å². The summed E-state index contributed by atoms with van der Waals surface area (Å²) in [4.78, 5) is 8.28. The van der Waals surface area contributed by atoms with E-state index >= 15 is 0 Å². The fourth-order valence-electron chi connectivity index (χ4n) is 1.77. The van der Waals surface area contributed by atoms with Gasteiger partial charge >= 0.3 is 0 Å². The molecule has 0 aliphatic carbocycles. The van der Waals surface area contributed by atoms with Crippen LogP contribution in [0.25, 0.3) is 0 Å². The Morgan fingerprint density at radius 3 is 2.61 bits per heavy atom. The van der Waals surface area contributed by atoms with E-state index < -0.39 is 6.04 Å². The summed E-state index contributed by atoms with van der Waals surface area (Å²) in [6.45, 7) is 0. The predicted octanol–water partition coefficient (Wildman–Crippen LogP) is 1.54. The van der Waals surface area contributed by atoms with Gasteiger partial charge in [-0.25, -0.2) is 0 Å². The Morgan fingerprint density at radius 1 is 1.11 bits per heavy atom. The molecule has 2 heterocycles. The molecule has 0 aromatic carbocycles. The smallest absolute Gasteiger partial charge is 0.142 e. The Kier molecular flexibility index (Phi) is 3.74. The molecular weight excluding hydrogens is 230 g/mol. The van der Waals surface area contributed by atoms with Gasteiger partial charge in [-0.15, -0.1) is 0 Å². The van der Waals surface area contributed by atoms with Crippen molar-refractivity contribution in [3.8, 4) is 11.5 Å². The van der Waals surface area contributed by atoms with Gasteiger partial charge in [-0.1, -0.05) is 0 Å². The van der Waals surface area contributed by atoms with Crippen molar-refractivity contribution in [3.63, 3.8) is 0 Å². The molecule has 0 saturated heterocycles. The molecule has 0 aliphatic heterocycles. The van der Waals surface area contributed by atoms with Crippen molar-refractivity contribution in [3.05, 3.63) is 48.0 Å². The van der Waals surface area contributed by atoms with Gasteiger partial charge in [-0.2, -0.15) is 0 Å². The normalized spacial score (nSPS) is 11.9. The second kappa shape index (κ2) is 5.46. The Balaban J connectivity index is 2.44. The lowest BCUT2D eigenvalue weighted by Crippen LogP contribution is -2.15. The minimum atomic E-state index is -0.418. The fourth-order valence-corrected chi connectivity index (χ4v) is 1.77. The summed E-state index contributed by atoms with van der Waals surface area (Å²) >= 11 is 0. The second-order valence-electron chi connectivity index (χ2n) is 3.69. The molecule has 2 aromatic heterocycles. The Labute approximate surface area is 106 Å². The van der Waals surface area contributed by atoms with Gasteiger partial charge in [0.1, 0.15) is 17.2 Å². The SMILES string of the molecule is COc1cnccc1C(N)c1ncccc1OC. The van der Waals surface area contributed by atoms with Gasteiger partial charge in [-0.05, 0) is 18.2 Å². The summed E-state index contributed by atoms with van der Waals surface area (Å²) in [6, 6.07) is 5.03. The highest BCUT2D eigenvalue weighted by Crippen LogP contribution is 2.30. The third-order valence-corrected chi connectivity index (χ3v) is 2.69. The number of methoxy groups -OCH3 is 2. The summed E-state index contributed by atoms with van der Waals surface area (Å²) in [5, 5.41) is 0. The maximum atomic E-state index is 6.22. The molecule has 2 rings (SSSR count). The molecule has 0 spiro atoms. The van der Waals surface area contributed by atoms with E-state index in [2.05, 4.69) is 9.97 Å². The molecule has 0 saturated carbocycles. The Morgan fingerprint density at radius 2 is 1.89 bits per heavy atom. The van der Waals surface area contributed by atoms with Crippen molar-refractivity contribution in [2.45, 2.75) is 6.04 Å². The zero-order valence-electron chi connectivity index (χ0n) is 10.3. The minimum absolute atomic E-state index is 0.418. The van der Waals surface area contributed by atoms with E-state index in [-0.39, 0.29) is 0 Å². The molecule has 0 radical (unpaired) electrons. The van der Waals surface area contributed by atoms with Gasteiger partial charge in [0.25, 0.3) is 0 Å². The predicted molar refractivity (Wildman–Crippen MR) is 67.6 cm³/mol. The first kappa shape index (κ1) is 12.3. The van der Waals surface area contributed by atoms with Crippen LogP contribution < -0.4 is 15.2 Å². The van der Waals surface area contributed by atoms with Crippen LogP contribution in [0, 0.1) is 0 Å². The van der Waals surface area contributed by atoms with Crippen LogP contribution in [-0.4, -0.2) is 24.2 Å². The first-order valence-corrected chi connectivity index (χ1v) is 5.50. The third-order valence-electron chi connectivity index (χ3n) is 2.69. The van der Waals surface area contributed by atoms with Crippen LogP contribution in [0.15, 0.2) is 36.8 Å². The minimum Gasteiger partial charge on any atom is -0.495 e. The molecule has 0 aliphatic rings. The number of hydrogen-bond donors (Lipinski definition) is 1. The maximum Gasteiger partial charge on any atom is 0.142 e. The van der Waals surface area contributed by atoms with Crippen LogP contribution in [0.1, 0.15) is 17.3 Å². The number of hydrogen-bond acceptors (Lipinski definition) is 5. The van der Waals surface area contributed by atoms with E-state index in [0.29, 0.717) is 17.2 Å². The first-order valence-electron chi connectivity index (χ1n) is 5.50. The Bertz CT molecular complexity index is 484. The van der Waals surface area contributed by atoms with E-state index in [9.17, 15) is 0 Å². The molecule has 2 aromatic rings. The molecule has 0 fully saturated rings. The highest BCUT2D eigenvalue weighted by atomic mass is 16.5. The van der Waals surface area contributed by atoms with Crippen LogP contribution in [0.2, 0.25) is 0 Å². The van der Waals surface area contributed by atoms with Crippen molar-refractivity contribution >= 4 is 0 Å². The van der Waals surface area contributed by atoms with Gasteiger partial charge in [0, 0.05) is 18.0 Å². The molecule has 1 unspecified atom stereocenters. The van der Waals surface area contributed by atoms with Crippen LogP contribution >= 0.6 is 0 Å². The van der Waals surface area contributed by atoms with Gasteiger partial charge in [0.15, 0.2) is 0 Å². The highest BCUT2D eigenvalue weighted by Gasteiger charge is 2.18. The molecule has 18 heavy (non-hydrogen) atoms. The van der Waals surface area contributed by atoms with E-state index in [1.165, 1.54) is 0 Å². The number of rotatable bonds is 4. The lowest BCUT2D eigenvalue weighted by atomic mass is 10.0.